The molecule has 6 nitrogen and oxygen atoms in total. The van der Waals surface area contributed by atoms with E-state index in [1.54, 1.807) is 0 Å². The van der Waals surface area contributed by atoms with Crippen LogP contribution >= 0.6 is 0 Å². The molecule has 0 atom stereocenters. The number of nitrogens with zero attached hydrogens (tertiary/aromatic N) is 5. The largest absolute Gasteiger partial charge is 0.401 e. The molecule has 0 radical (unpaired) electrons. The summed E-state index contributed by atoms with van der Waals surface area (Å²) >= 11 is 0. The first-order valence-corrected chi connectivity index (χ1v) is 15.6. The van der Waals surface area contributed by atoms with Crippen LogP contribution in [0.25, 0.3) is 11.0 Å². The molecule has 2 aliphatic carbocycles. The van der Waals surface area contributed by atoms with Gasteiger partial charge in [-0.3, -0.25) is 14.6 Å². The minimum absolute atomic E-state index is 0.249. The van der Waals surface area contributed by atoms with E-state index >= 15 is 0 Å². The molecule has 1 aliphatic heterocycles. The third-order valence-electron chi connectivity index (χ3n) is 9.31. The van der Waals surface area contributed by atoms with Crippen LogP contribution in [0.15, 0.2) is 18.2 Å². The van der Waals surface area contributed by atoms with E-state index in [1.165, 1.54) is 43.4 Å². The minimum Gasteiger partial charge on any atom is -0.340 e. The number of amides is 1. The molecule has 9 heteroatoms. The summed E-state index contributed by atoms with van der Waals surface area (Å²) in [5, 5.41) is 0. The number of fused-ring (bicyclic) bond motifs is 1. The number of benzene rings is 1. The fraction of sp³-hybridized carbons (Fsp3) is 0.742. The Hall–Kier alpha value is -2.13. The Morgan fingerprint density at radius 2 is 1.60 bits per heavy atom. The van der Waals surface area contributed by atoms with E-state index in [0.717, 1.165) is 54.6 Å². The summed E-state index contributed by atoms with van der Waals surface area (Å²) in [5.74, 6) is 1.81. The third-order valence-corrected chi connectivity index (χ3v) is 9.31. The van der Waals surface area contributed by atoms with Crippen molar-refractivity contribution in [3.8, 4) is 0 Å². The molecule has 2 saturated carbocycles. The van der Waals surface area contributed by atoms with Gasteiger partial charge in [0.05, 0.1) is 17.6 Å². The molecular formula is C31H46F3N5O. The number of aryl methyl sites for hydroxylation is 1. The number of carbonyl (C=O) groups is 1. The Morgan fingerprint density at radius 3 is 2.25 bits per heavy atom. The van der Waals surface area contributed by atoms with Gasteiger partial charge in [-0.05, 0) is 50.3 Å². The van der Waals surface area contributed by atoms with Crippen LogP contribution in [0.2, 0.25) is 0 Å². The van der Waals surface area contributed by atoms with Crippen LogP contribution in [0.5, 0.6) is 0 Å². The lowest BCUT2D eigenvalue weighted by atomic mass is 9.88. The van der Waals surface area contributed by atoms with Crippen LogP contribution in [0, 0.1) is 0 Å². The van der Waals surface area contributed by atoms with Crippen molar-refractivity contribution in [3.63, 3.8) is 0 Å². The average molecular weight is 562 g/mol. The van der Waals surface area contributed by atoms with Crippen LogP contribution < -0.4 is 0 Å². The summed E-state index contributed by atoms with van der Waals surface area (Å²) in [5.41, 5.74) is 3.21. The zero-order valence-corrected chi connectivity index (χ0v) is 24.1. The molecule has 40 heavy (non-hydrogen) atoms. The number of imidazole rings is 1. The maximum Gasteiger partial charge on any atom is 0.401 e. The van der Waals surface area contributed by atoms with E-state index in [-0.39, 0.29) is 5.91 Å². The molecule has 0 spiro atoms. The predicted octanol–water partition coefficient (Wildman–Crippen LogP) is 6.34. The SMILES string of the molecule is CCN(C(=O)CCn1c(C2CCCCC2)nc2ccc(CN3CCN(CC(F)(F)F)CC3)cc21)C1CCCCC1. The first kappa shape index (κ1) is 29.4. The Balaban J connectivity index is 1.31. The summed E-state index contributed by atoms with van der Waals surface area (Å²) in [7, 11) is 0. The van der Waals surface area contributed by atoms with E-state index in [9.17, 15) is 18.0 Å². The quantitative estimate of drug-likeness (QED) is 0.359. The van der Waals surface area contributed by atoms with Crippen LogP contribution in [-0.2, 0) is 17.9 Å². The minimum atomic E-state index is -4.15. The van der Waals surface area contributed by atoms with E-state index in [2.05, 4.69) is 39.5 Å². The average Bonchev–Trinajstić information content (AvgIpc) is 3.31. The highest BCUT2D eigenvalue weighted by Crippen LogP contribution is 2.34. The highest BCUT2D eigenvalue weighted by atomic mass is 19.4. The molecule has 2 heterocycles. The Morgan fingerprint density at radius 1 is 0.950 bits per heavy atom. The standard InChI is InChI=1S/C31H46F3N5O/c1-2-38(26-11-7-4-8-12-26)29(40)15-16-39-28-21-24(22-36-17-19-37(20-18-36)23-31(32,33)34)13-14-27(28)35-30(39)25-9-5-3-6-10-25/h13-14,21,25-26H,2-12,15-20,22-23H2,1H3. The normalized spacial score (nSPS) is 20.8. The second-order valence-electron chi connectivity index (χ2n) is 12.2. The second kappa shape index (κ2) is 13.2. The summed E-state index contributed by atoms with van der Waals surface area (Å²) in [4.78, 5) is 24.4. The molecule has 3 fully saturated rings. The van der Waals surface area contributed by atoms with Crippen LogP contribution in [0.3, 0.4) is 0 Å². The van der Waals surface area contributed by atoms with Gasteiger partial charge in [-0.25, -0.2) is 4.98 Å². The van der Waals surface area contributed by atoms with Crippen molar-refractivity contribution in [1.29, 1.82) is 0 Å². The van der Waals surface area contributed by atoms with E-state index < -0.39 is 12.7 Å². The Kier molecular flexibility index (Phi) is 9.72. The van der Waals surface area contributed by atoms with Crippen molar-refractivity contribution in [3.05, 3.63) is 29.6 Å². The lowest BCUT2D eigenvalue weighted by Gasteiger charge is -2.35. The smallest absolute Gasteiger partial charge is 0.340 e. The van der Waals surface area contributed by atoms with Gasteiger partial charge in [0.2, 0.25) is 5.91 Å². The summed E-state index contributed by atoms with van der Waals surface area (Å²) < 4.78 is 40.7. The summed E-state index contributed by atoms with van der Waals surface area (Å²) in [6.07, 6.45) is 8.32. The number of halogens is 3. The van der Waals surface area contributed by atoms with Gasteiger partial charge < -0.3 is 9.47 Å². The molecule has 3 aliphatic rings. The van der Waals surface area contributed by atoms with Crippen molar-refractivity contribution in [2.24, 2.45) is 0 Å². The van der Waals surface area contributed by atoms with Crippen LogP contribution in [-0.4, -0.2) is 81.6 Å². The lowest BCUT2D eigenvalue weighted by molar-refractivity contribution is -0.149. The Labute approximate surface area is 236 Å². The molecule has 1 aromatic heterocycles. The van der Waals surface area contributed by atoms with Gasteiger partial charge >= 0.3 is 6.18 Å². The number of hydrogen-bond donors (Lipinski definition) is 0. The number of hydrogen-bond acceptors (Lipinski definition) is 4. The number of aromatic nitrogens is 2. The van der Waals surface area contributed by atoms with E-state index in [4.69, 9.17) is 4.98 Å². The monoisotopic (exact) mass is 561 g/mol. The summed E-state index contributed by atoms with van der Waals surface area (Å²) in [6.45, 7) is 5.52. The van der Waals surface area contributed by atoms with Crippen molar-refractivity contribution >= 4 is 16.9 Å². The van der Waals surface area contributed by atoms with Gasteiger partial charge in [-0.1, -0.05) is 44.6 Å². The lowest BCUT2D eigenvalue weighted by Crippen LogP contribution is -2.48. The number of rotatable bonds is 9. The van der Waals surface area contributed by atoms with Gasteiger partial charge in [0, 0.05) is 64.2 Å². The molecule has 5 rings (SSSR count). The fourth-order valence-corrected chi connectivity index (χ4v) is 7.19. The molecule has 0 unspecified atom stereocenters. The summed E-state index contributed by atoms with van der Waals surface area (Å²) in [6, 6.07) is 6.79. The number of piperazine rings is 1. The highest BCUT2D eigenvalue weighted by molar-refractivity contribution is 5.79. The molecule has 222 valence electrons. The number of alkyl halides is 3. The van der Waals surface area contributed by atoms with E-state index in [0.29, 0.717) is 57.6 Å². The maximum atomic E-state index is 13.4. The molecule has 0 bridgehead atoms. The second-order valence-corrected chi connectivity index (χ2v) is 12.2. The van der Waals surface area contributed by atoms with Crippen molar-refractivity contribution in [2.45, 2.75) is 109 Å². The third kappa shape index (κ3) is 7.38. The molecule has 1 amide bonds. The van der Waals surface area contributed by atoms with Crippen LogP contribution in [0.1, 0.15) is 94.9 Å². The zero-order chi connectivity index (χ0) is 28.1. The van der Waals surface area contributed by atoms with Crippen molar-refractivity contribution in [1.82, 2.24) is 24.3 Å². The molecule has 2 aromatic rings. The first-order chi connectivity index (χ1) is 19.3. The first-order valence-electron chi connectivity index (χ1n) is 15.6. The van der Waals surface area contributed by atoms with Gasteiger partial charge in [0.15, 0.2) is 0 Å². The topological polar surface area (TPSA) is 44.6 Å². The van der Waals surface area contributed by atoms with E-state index in [1.807, 2.05) is 0 Å². The molecule has 0 N–H and O–H groups in total. The van der Waals surface area contributed by atoms with Gasteiger partial charge in [0.1, 0.15) is 5.82 Å². The van der Waals surface area contributed by atoms with Gasteiger partial charge in [0.25, 0.3) is 0 Å². The van der Waals surface area contributed by atoms with Crippen molar-refractivity contribution < 1.29 is 18.0 Å². The zero-order valence-electron chi connectivity index (χ0n) is 24.1. The van der Waals surface area contributed by atoms with Gasteiger partial charge in [-0.2, -0.15) is 13.2 Å². The molecular weight excluding hydrogens is 515 g/mol. The highest BCUT2D eigenvalue weighted by Gasteiger charge is 2.32. The molecule has 1 aromatic carbocycles. The van der Waals surface area contributed by atoms with Crippen molar-refractivity contribution in [2.75, 3.05) is 39.3 Å². The number of carbonyl (C=O) groups excluding carboxylic acids is 1. The fourth-order valence-electron chi connectivity index (χ4n) is 7.19. The molecule has 1 saturated heterocycles. The van der Waals surface area contributed by atoms with Gasteiger partial charge in [-0.15, -0.1) is 0 Å². The maximum absolute atomic E-state index is 13.4. The van der Waals surface area contributed by atoms with Crippen LogP contribution in [0.4, 0.5) is 13.2 Å². The predicted molar refractivity (Wildman–Crippen MR) is 152 cm³/mol. The Bertz CT molecular complexity index is 1110.